The highest BCUT2D eigenvalue weighted by atomic mass is 35.5. The Bertz CT molecular complexity index is 1740. The van der Waals surface area contributed by atoms with Crippen LogP contribution in [0.1, 0.15) is 29.9 Å². The first-order chi connectivity index (χ1) is 19.9. The third-order valence-corrected chi connectivity index (χ3v) is 8.44. The zero-order valence-corrected chi connectivity index (χ0v) is 24.3. The zero-order chi connectivity index (χ0) is 28.7. The summed E-state index contributed by atoms with van der Waals surface area (Å²) in [6, 6.07) is 6.61. The van der Waals surface area contributed by atoms with Gasteiger partial charge in [-0.15, -0.1) is 11.3 Å². The fourth-order valence-corrected chi connectivity index (χ4v) is 6.23. The molecule has 0 radical (unpaired) electrons. The number of thiazole rings is 1. The van der Waals surface area contributed by atoms with Gasteiger partial charge in [0.1, 0.15) is 24.0 Å². The summed E-state index contributed by atoms with van der Waals surface area (Å²) in [5.41, 5.74) is 9.66. The highest BCUT2D eigenvalue weighted by Gasteiger charge is 2.34. The van der Waals surface area contributed by atoms with Crippen LogP contribution in [0.4, 0.5) is 9.52 Å². The van der Waals surface area contributed by atoms with Crippen molar-refractivity contribution in [1.82, 2.24) is 24.3 Å². The molecule has 0 aliphatic carbocycles. The Morgan fingerprint density at radius 1 is 1.32 bits per heavy atom. The molecule has 0 saturated heterocycles. The molecule has 1 amide bonds. The number of hydrogen-bond acceptors (Lipinski definition) is 7. The van der Waals surface area contributed by atoms with Crippen LogP contribution in [-0.4, -0.2) is 49.5 Å². The molecular weight excluding hydrogens is 588 g/mol. The number of nitrogens with two attached hydrogens (primary N) is 1. The molecule has 4 heterocycles. The lowest BCUT2D eigenvalue weighted by Gasteiger charge is -2.16. The van der Waals surface area contributed by atoms with E-state index in [4.69, 9.17) is 38.8 Å². The van der Waals surface area contributed by atoms with E-state index in [1.165, 1.54) is 16.0 Å². The van der Waals surface area contributed by atoms with Gasteiger partial charge >= 0.3 is 0 Å². The van der Waals surface area contributed by atoms with Crippen molar-refractivity contribution in [2.75, 3.05) is 18.5 Å². The van der Waals surface area contributed by atoms with Crippen molar-refractivity contribution in [3.63, 3.8) is 0 Å². The molecule has 0 bridgehead atoms. The number of fused-ring (bicyclic) bond motifs is 2. The van der Waals surface area contributed by atoms with Gasteiger partial charge in [-0.05, 0) is 35.7 Å². The number of aromatic nitrogens is 5. The maximum atomic E-state index is 14.3. The van der Waals surface area contributed by atoms with Crippen molar-refractivity contribution in [3.05, 3.63) is 75.4 Å². The average Bonchev–Trinajstić information content (AvgIpc) is 3.76. The number of hydrogen-bond donors (Lipinski definition) is 2. The van der Waals surface area contributed by atoms with E-state index in [9.17, 15) is 9.18 Å². The van der Waals surface area contributed by atoms with Gasteiger partial charge in [0.15, 0.2) is 11.2 Å². The molecule has 5 aromatic rings. The van der Waals surface area contributed by atoms with Crippen LogP contribution in [0.25, 0.3) is 22.0 Å². The number of aryl methyl sites for hydroxylation is 1. The van der Waals surface area contributed by atoms with E-state index in [2.05, 4.69) is 15.3 Å². The van der Waals surface area contributed by atoms with Gasteiger partial charge in [-0.3, -0.25) is 14.8 Å². The Kier molecular flexibility index (Phi) is 7.69. The van der Waals surface area contributed by atoms with Crippen molar-refractivity contribution in [1.29, 1.82) is 0 Å². The Hall–Kier alpha value is -3.51. The minimum absolute atomic E-state index is 0.160. The summed E-state index contributed by atoms with van der Waals surface area (Å²) in [5.74, 6) is 0.358. The molecule has 3 aromatic heterocycles. The number of alkyl halides is 1. The van der Waals surface area contributed by atoms with Gasteiger partial charge in [0.2, 0.25) is 0 Å². The normalized spacial score (nSPS) is 15.3. The number of rotatable bonds is 9. The van der Waals surface area contributed by atoms with E-state index in [0.29, 0.717) is 56.2 Å². The van der Waals surface area contributed by atoms with Crippen molar-refractivity contribution in [2.45, 2.75) is 38.5 Å². The summed E-state index contributed by atoms with van der Waals surface area (Å²) in [4.78, 5) is 22.3. The van der Waals surface area contributed by atoms with E-state index in [-0.39, 0.29) is 13.0 Å². The SMILES string of the molecule is CCc1cc(-c2cc(Cl)c3cn(C(C(=O)Nc4nccs4)c4ncn5c4CC(F)C5)nc3c2Cl)ccc1OCCN. The molecule has 0 saturated carbocycles. The number of carbonyl (C=O) groups excluding carboxylic acids is 1. The lowest BCUT2D eigenvalue weighted by molar-refractivity contribution is -0.118. The molecule has 0 spiro atoms. The minimum Gasteiger partial charge on any atom is -0.492 e. The number of anilines is 1. The predicted octanol–water partition coefficient (Wildman–Crippen LogP) is 5.69. The predicted molar refractivity (Wildman–Crippen MR) is 159 cm³/mol. The molecule has 2 unspecified atom stereocenters. The fourth-order valence-electron chi connectivity index (χ4n) is 5.15. The first-order valence-corrected chi connectivity index (χ1v) is 14.7. The molecule has 1 aliphatic heterocycles. The van der Waals surface area contributed by atoms with Crippen LogP contribution < -0.4 is 15.8 Å². The number of carbonyl (C=O) groups is 1. The largest absolute Gasteiger partial charge is 0.492 e. The molecule has 41 heavy (non-hydrogen) atoms. The third kappa shape index (κ3) is 5.19. The number of nitrogens with zero attached hydrogens (tertiary/aromatic N) is 5. The smallest absolute Gasteiger partial charge is 0.257 e. The third-order valence-electron chi connectivity index (χ3n) is 7.06. The van der Waals surface area contributed by atoms with E-state index in [1.54, 1.807) is 34.7 Å². The van der Waals surface area contributed by atoms with Crippen LogP contribution in [0, 0.1) is 0 Å². The molecule has 6 rings (SSSR count). The molecule has 3 N–H and O–H groups in total. The Morgan fingerprint density at radius 3 is 2.93 bits per heavy atom. The second kappa shape index (κ2) is 11.4. The molecule has 2 atom stereocenters. The quantitative estimate of drug-likeness (QED) is 0.221. The van der Waals surface area contributed by atoms with E-state index in [0.717, 1.165) is 23.3 Å². The molecule has 9 nitrogen and oxygen atoms in total. The van der Waals surface area contributed by atoms with E-state index in [1.807, 2.05) is 25.1 Å². The highest BCUT2D eigenvalue weighted by Crippen LogP contribution is 2.40. The standard InChI is InChI=1S/C28H26Cl2FN7O2S/c1-2-15-9-16(3-4-22(15)40-7-5-32)18-11-20(29)19-13-38(36-24(19)23(18)30)26(27(39)35-28-33-6-8-41-28)25-21-10-17(31)12-37(21)14-34-25/h3-4,6,8-9,11,13-14,17,26H,2,5,7,10,12,32H2,1H3,(H,33,35,39). The number of nitrogens with one attached hydrogen (secondary N) is 1. The second-order valence-electron chi connectivity index (χ2n) is 9.66. The monoisotopic (exact) mass is 613 g/mol. The first-order valence-electron chi connectivity index (χ1n) is 13.1. The maximum Gasteiger partial charge on any atom is 0.257 e. The number of imidazole rings is 1. The summed E-state index contributed by atoms with van der Waals surface area (Å²) in [5, 5.41) is 11.2. The summed E-state index contributed by atoms with van der Waals surface area (Å²) in [7, 11) is 0. The van der Waals surface area contributed by atoms with Gasteiger partial charge in [0.05, 0.1) is 28.6 Å². The van der Waals surface area contributed by atoms with Crippen LogP contribution in [0.3, 0.4) is 0 Å². The highest BCUT2D eigenvalue weighted by molar-refractivity contribution is 7.13. The number of halogens is 3. The molecule has 2 aromatic carbocycles. The lowest BCUT2D eigenvalue weighted by atomic mass is 10.00. The van der Waals surface area contributed by atoms with Gasteiger partial charge in [-0.2, -0.15) is 5.10 Å². The number of benzene rings is 2. The van der Waals surface area contributed by atoms with Gasteiger partial charge in [-0.1, -0.05) is 36.2 Å². The topological polar surface area (TPSA) is 113 Å². The van der Waals surface area contributed by atoms with E-state index >= 15 is 0 Å². The summed E-state index contributed by atoms with van der Waals surface area (Å²) >= 11 is 15.0. The molecule has 212 valence electrons. The van der Waals surface area contributed by atoms with E-state index < -0.39 is 18.1 Å². The van der Waals surface area contributed by atoms with Crippen molar-refractivity contribution in [3.8, 4) is 16.9 Å². The molecular formula is C28H26Cl2FN7O2S. The second-order valence-corrected chi connectivity index (χ2v) is 11.3. The molecule has 13 heteroatoms. The average molecular weight is 615 g/mol. The minimum atomic E-state index is -1.04. The number of ether oxygens (including phenoxy) is 1. The van der Waals surface area contributed by atoms with Gasteiger partial charge < -0.3 is 15.0 Å². The fraction of sp³-hybridized carbons (Fsp3) is 0.286. The Labute approximate surface area is 249 Å². The van der Waals surface area contributed by atoms with Crippen LogP contribution in [-0.2, 0) is 24.2 Å². The van der Waals surface area contributed by atoms with Gasteiger partial charge in [0.25, 0.3) is 5.91 Å². The maximum absolute atomic E-state index is 14.3. The lowest BCUT2D eigenvalue weighted by Crippen LogP contribution is -2.28. The Balaban J connectivity index is 1.44. The molecule has 0 fully saturated rings. The molecule has 1 aliphatic rings. The van der Waals surface area contributed by atoms with Crippen molar-refractivity contribution < 1.29 is 13.9 Å². The summed E-state index contributed by atoms with van der Waals surface area (Å²) in [6.45, 7) is 3.08. The zero-order valence-electron chi connectivity index (χ0n) is 22.0. The van der Waals surface area contributed by atoms with Crippen LogP contribution >= 0.6 is 34.5 Å². The summed E-state index contributed by atoms with van der Waals surface area (Å²) < 4.78 is 23.3. The number of amides is 1. The van der Waals surface area contributed by atoms with Gasteiger partial charge in [-0.25, -0.2) is 14.4 Å². The van der Waals surface area contributed by atoms with Gasteiger partial charge in [0, 0.05) is 47.4 Å². The summed E-state index contributed by atoms with van der Waals surface area (Å²) in [6.07, 6.45) is 4.70. The van der Waals surface area contributed by atoms with Crippen molar-refractivity contribution >= 4 is 56.5 Å². The van der Waals surface area contributed by atoms with Crippen LogP contribution in [0.2, 0.25) is 10.0 Å². The van der Waals surface area contributed by atoms with Crippen LogP contribution in [0.15, 0.2) is 48.4 Å². The van der Waals surface area contributed by atoms with Crippen molar-refractivity contribution in [2.24, 2.45) is 5.73 Å². The Morgan fingerprint density at radius 2 is 2.17 bits per heavy atom. The first kappa shape index (κ1) is 27.6. The van der Waals surface area contributed by atoms with Crippen LogP contribution in [0.5, 0.6) is 5.75 Å².